The number of nitrogens with zero attached hydrogens (tertiary/aromatic N) is 1. The fourth-order valence-corrected chi connectivity index (χ4v) is 2.34. The number of carbonyl (C=O) groups excluding carboxylic acids is 1. The zero-order valence-corrected chi connectivity index (χ0v) is 13.6. The average Bonchev–Trinajstić information content (AvgIpc) is 2.53. The fourth-order valence-electron chi connectivity index (χ4n) is 2.17. The summed E-state index contributed by atoms with van der Waals surface area (Å²) in [6.07, 6.45) is 1.03. The van der Waals surface area contributed by atoms with Gasteiger partial charge in [-0.2, -0.15) is 13.2 Å². The molecule has 0 unspecified atom stereocenters. The highest BCUT2D eigenvalue weighted by molar-refractivity contribution is 6.33. The molecule has 3 nitrogen and oxygen atoms in total. The summed E-state index contributed by atoms with van der Waals surface area (Å²) < 4.78 is 40.1. The van der Waals surface area contributed by atoms with Gasteiger partial charge in [-0.1, -0.05) is 17.7 Å². The predicted octanol–water partition coefficient (Wildman–Crippen LogP) is 4.46. The van der Waals surface area contributed by atoms with Gasteiger partial charge in [-0.15, -0.1) is 0 Å². The number of alkyl halides is 3. The van der Waals surface area contributed by atoms with Crippen molar-refractivity contribution in [1.29, 1.82) is 0 Å². The number of anilines is 1. The Bertz CT molecular complexity index is 690. The van der Waals surface area contributed by atoms with E-state index in [1.807, 2.05) is 35.2 Å². The summed E-state index contributed by atoms with van der Waals surface area (Å²) in [4.78, 5) is 11.9. The molecule has 0 bridgehead atoms. The highest BCUT2D eigenvalue weighted by atomic mass is 35.5. The van der Waals surface area contributed by atoms with Gasteiger partial charge < -0.3 is 5.32 Å². The van der Waals surface area contributed by atoms with Gasteiger partial charge in [0.1, 0.15) is 6.54 Å². The average molecular weight is 358 g/mol. The molecule has 2 aromatic rings. The van der Waals surface area contributed by atoms with Crippen LogP contribution in [-0.2, 0) is 17.5 Å². The summed E-state index contributed by atoms with van der Waals surface area (Å²) in [5, 5.41) is 2.52. The van der Waals surface area contributed by atoms with Crippen molar-refractivity contribution in [2.24, 2.45) is 0 Å². The van der Waals surface area contributed by atoms with Crippen LogP contribution in [0.1, 0.15) is 24.8 Å². The van der Waals surface area contributed by atoms with Crippen LogP contribution in [0.3, 0.4) is 0 Å². The predicted molar refractivity (Wildman–Crippen MR) is 85.6 cm³/mol. The van der Waals surface area contributed by atoms with Gasteiger partial charge in [0.15, 0.2) is 12.4 Å². The number of rotatable bonds is 6. The summed E-state index contributed by atoms with van der Waals surface area (Å²) in [7, 11) is 0. The minimum absolute atomic E-state index is 0.0195. The molecule has 0 saturated carbocycles. The maximum atomic E-state index is 12.7. The van der Waals surface area contributed by atoms with Crippen molar-refractivity contribution in [3.8, 4) is 0 Å². The second-order valence-corrected chi connectivity index (χ2v) is 5.72. The number of hydrogen-bond donors (Lipinski definition) is 1. The maximum Gasteiger partial charge on any atom is 0.416 e. The number of hydrogen-bond acceptors (Lipinski definition) is 1. The van der Waals surface area contributed by atoms with Crippen molar-refractivity contribution < 1.29 is 22.5 Å². The smallest absolute Gasteiger partial charge is 0.325 e. The molecule has 2 rings (SSSR count). The summed E-state index contributed by atoms with van der Waals surface area (Å²) >= 11 is 5.85. The van der Waals surface area contributed by atoms with Crippen molar-refractivity contribution >= 4 is 23.2 Å². The normalized spacial score (nSPS) is 11.3. The molecule has 0 aliphatic rings. The Morgan fingerprint density at radius 3 is 2.50 bits per heavy atom. The Balaban J connectivity index is 1.84. The molecule has 24 heavy (non-hydrogen) atoms. The van der Waals surface area contributed by atoms with Crippen molar-refractivity contribution in [2.75, 3.05) is 5.32 Å². The van der Waals surface area contributed by atoms with E-state index in [0.29, 0.717) is 6.42 Å². The van der Waals surface area contributed by atoms with E-state index in [9.17, 15) is 18.0 Å². The van der Waals surface area contributed by atoms with Crippen LogP contribution in [0.4, 0.5) is 18.9 Å². The Morgan fingerprint density at radius 1 is 1.12 bits per heavy atom. The van der Waals surface area contributed by atoms with E-state index in [1.165, 1.54) is 0 Å². The summed E-state index contributed by atoms with van der Waals surface area (Å²) in [6, 6.07) is 8.62. The van der Waals surface area contributed by atoms with E-state index >= 15 is 0 Å². The number of pyridine rings is 1. The Hall–Kier alpha value is -2.08. The number of unbranched alkanes of at least 4 members (excludes halogenated alkanes) is 1. The molecule has 7 heteroatoms. The third kappa shape index (κ3) is 5.53. The van der Waals surface area contributed by atoms with Gasteiger partial charge in [-0.25, -0.2) is 4.57 Å². The molecular weight excluding hydrogens is 341 g/mol. The monoisotopic (exact) mass is 357 g/mol. The third-order valence-corrected chi connectivity index (χ3v) is 3.74. The Kier molecular flexibility index (Phi) is 6.20. The zero-order chi connectivity index (χ0) is 17.6. The number of benzene rings is 1. The highest BCUT2D eigenvalue weighted by Crippen LogP contribution is 2.33. The van der Waals surface area contributed by atoms with Crippen LogP contribution in [0.2, 0.25) is 5.02 Å². The van der Waals surface area contributed by atoms with Crippen LogP contribution in [-0.4, -0.2) is 5.91 Å². The Labute approximate surface area is 143 Å². The first-order valence-electron chi connectivity index (χ1n) is 7.47. The van der Waals surface area contributed by atoms with Gasteiger partial charge in [0.05, 0.1) is 16.3 Å². The summed E-state index contributed by atoms with van der Waals surface area (Å²) in [5.74, 6) is -0.353. The lowest BCUT2D eigenvalue weighted by Crippen LogP contribution is -2.32. The first kappa shape index (κ1) is 18.3. The molecule has 0 aliphatic carbocycles. The summed E-state index contributed by atoms with van der Waals surface area (Å²) in [5.41, 5.74) is -0.864. The maximum absolute atomic E-state index is 12.7. The number of halogens is 4. The number of aromatic nitrogens is 1. The molecule has 0 saturated heterocycles. The van der Waals surface area contributed by atoms with E-state index in [-0.39, 0.29) is 23.0 Å². The van der Waals surface area contributed by atoms with Gasteiger partial charge in [0.2, 0.25) is 5.91 Å². The lowest BCUT2D eigenvalue weighted by atomic mass is 10.1. The number of aryl methyl sites for hydroxylation is 1. The van der Waals surface area contributed by atoms with Crippen LogP contribution in [0.15, 0.2) is 48.8 Å². The van der Waals surface area contributed by atoms with E-state index in [1.54, 1.807) is 0 Å². The van der Waals surface area contributed by atoms with Crippen molar-refractivity contribution in [3.05, 3.63) is 59.4 Å². The van der Waals surface area contributed by atoms with Gasteiger partial charge >= 0.3 is 6.18 Å². The standard InChI is InChI=1S/C17H16ClF3N2O/c18-14-8-7-13(17(19,20)21)12-15(14)22-16(24)6-2-5-11-23-9-3-1-4-10-23/h1,3-4,7-10,12H,2,5-6,11H2/p+1. The largest absolute Gasteiger partial charge is 0.416 e. The lowest BCUT2D eigenvalue weighted by molar-refractivity contribution is -0.697. The number of amides is 1. The minimum Gasteiger partial charge on any atom is -0.325 e. The minimum atomic E-state index is -4.48. The SMILES string of the molecule is O=C(CCCC[n+]1ccccc1)Nc1cc(C(F)(F)F)ccc1Cl. The van der Waals surface area contributed by atoms with Gasteiger partial charge in [0.25, 0.3) is 0 Å². The zero-order valence-electron chi connectivity index (χ0n) is 12.8. The molecule has 1 N–H and O–H groups in total. The molecule has 1 amide bonds. The van der Waals surface area contributed by atoms with Gasteiger partial charge in [-0.05, 0) is 24.6 Å². The molecule has 1 heterocycles. The van der Waals surface area contributed by atoms with Crippen LogP contribution < -0.4 is 9.88 Å². The second kappa shape index (κ2) is 8.15. The third-order valence-electron chi connectivity index (χ3n) is 3.42. The highest BCUT2D eigenvalue weighted by Gasteiger charge is 2.31. The van der Waals surface area contributed by atoms with Crippen LogP contribution in [0.25, 0.3) is 0 Å². The van der Waals surface area contributed by atoms with Crippen LogP contribution >= 0.6 is 11.6 Å². The molecule has 0 aliphatic heterocycles. The molecule has 1 aromatic carbocycles. The second-order valence-electron chi connectivity index (χ2n) is 5.31. The van der Waals surface area contributed by atoms with Crippen LogP contribution in [0, 0.1) is 0 Å². The number of nitrogens with one attached hydrogen (secondary N) is 1. The Morgan fingerprint density at radius 2 is 1.83 bits per heavy atom. The lowest BCUT2D eigenvalue weighted by Gasteiger charge is -2.11. The quantitative estimate of drug-likeness (QED) is 0.601. The number of carbonyl (C=O) groups is 1. The van der Waals surface area contributed by atoms with Gasteiger partial charge in [-0.3, -0.25) is 4.79 Å². The van der Waals surface area contributed by atoms with E-state index < -0.39 is 11.7 Å². The molecule has 0 spiro atoms. The molecule has 1 aromatic heterocycles. The molecule has 128 valence electrons. The first-order valence-corrected chi connectivity index (χ1v) is 7.85. The first-order chi connectivity index (χ1) is 11.4. The molecule has 0 fully saturated rings. The van der Waals surface area contributed by atoms with Crippen molar-refractivity contribution in [2.45, 2.75) is 32.0 Å². The topological polar surface area (TPSA) is 33.0 Å². The van der Waals surface area contributed by atoms with Crippen molar-refractivity contribution in [3.63, 3.8) is 0 Å². The fraction of sp³-hybridized carbons (Fsp3) is 0.294. The van der Waals surface area contributed by atoms with Gasteiger partial charge in [0, 0.05) is 25.0 Å². The molecule has 0 atom stereocenters. The van der Waals surface area contributed by atoms with E-state index in [4.69, 9.17) is 11.6 Å². The summed E-state index contributed by atoms with van der Waals surface area (Å²) in [6.45, 7) is 0.776. The molecular formula is C17H17ClF3N2O+. The van der Waals surface area contributed by atoms with E-state index in [2.05, 4.69) is 5.32 Å². The van der Waals surface area contributed by atoms with Crippen LogP contribution in [0.5, 0.6) is 0 Å². The van der Waals surface area contributed by atoms with E-state index in [0.717, 1.165) is 31.2 Å². The molecule has 0 radical (unpaired) electrons. The van der Waals surface area contributed by atoms with Crippen molar-refractivity contribution in [1.82, 2.24) is 0 Å².